The van der Waals surface area contributed by atoms with E-state index in [2.05, 4.69) is 41.1 Å². The van der Waals surface area contributed by atoms with E-state index in [4.69, 9.17) is 10.2 Å². The lowest BCUT2D eigenvalue weighted by Crippen LogP contribution is -2.18. The summed E-state index contributed by atoms with van der Waals surface area (Å²) in [6, 6.07) is 9.65. The van der Waals surface area contributed by atoms with Crippen molar-refractivity contribution in [2.45, 2.75) is 13.1 Å². The molecule has 0 saturated carbocycles. The summed E-state index contributed by atoms with van der Waals surface area (Å²) in [6.07, 6.45) is 3.50. The van der Waals surface area contributed by atoms with Crippen molar-refractivity contribution in [3.8, 4) is 0 Å². The van der Waals surface area contributed by atoms with Crippen LogP contribution in [0.3, 0.4) is 0 Å². The van der Waals surface area contributed by atoms with Crippen LogP contribution >= 0.6 is 0 Å². The molecule has 6 nitrogen and oxygen atoms in total. The molecule has 0 radical (unpaired) electrons. The first kappa shape index (κ1) is 16.3. The van der Waals surface area contributed by atoms with E-state index >= 15 is 0 Å². The van der Waals surface area contributed by atoms with Gasteiger partial charge in [-0.25, -0.2) is 0 Å². The van der Waals surface area contributed by atoms with Crippen molar-refractivity contribution < 1.29 is 9.21 Å². The Morgan fingerprint density at radius 3 is 2.83 bits per heavy atom. The third kappa shape index (κ3) is 3.50. The van der Waals surface area contributed by atoms with Gasteiger partial charge in [0.2, 0.25) is 0 Å². The van der Waals surface area contributed by atoms with Crippen molar-refractivity contribution >= 4 is 22.5 Å². The van der Waals surface area contributed by atoms with Crippen molar-refractivity contribution in [2.24, 2.45) is 5.73 Å². The first-order valence-corrected chi connectivity index (χ1v) is 7.89. The highest BCUT2D eigenvalue weighted by Gasteiger charge is 2.11. The fourth-order valence-electron chi connectivity index (χ4n) is 2.57. The Morgan fingerprint density at radius 2 is 2.12 bits per heavy atom. The van der Waals surface area contributed by atoms with Gasteiger partial charge in [-0.3, -0.25) is 4.79 Å². The maximum atomic E-state index is 12.3. The molecule has 1 amide bonds. The molecule has 0 saturated heterocycles. The number of nitrogens with zero attached hydrogens (tertiary/aromatic N) is 2. The van der Waals surface area contributed by atoms with Gasteiger partial charge in [0.05, 0.1) is 17.6 Å². The quantitative estimate of drug-likeness (QED) is 0.730. The van der Waals surface area contributed by atoms with Crippen molar-refractivity contribution in [2.75, 3.05) is 26.0 Å². The highest BCUT2D eigenvalue weighted by molar-refractivity contribution is 6.05. The summed E-state index contributed by atoms with van der Waals surface area (Å²) in [6.45, 7) is 2.13. The number of benzene rings is 1. The van der Waals surface area contributed by atoms with Gasteiger partial charge in [0, 0.05) is 25.0 Å². The van der Waals surface area contributed by atoms with Crippen LogP contribution in [0.5, 0.6) is 0 Å². The Hall–Kier alpha value is -2.57. The highest BCUT2D eigenvalue weighted by atomic mass is 16.3. The van der Waals surface area contributed by atoms with Gasteiger partial charge in [0.1, 0.15) is 12.0 Å². The largest absolute Gasteiger partial charge is 0.467 e. The average Bonchev–Trinajstić information content (AvgIpc) is 3.19. The molecule has 2 heterocycles. The van der Waals surface area contributed by atoms with E-state index in [9.17, 15) is 4.79 Å². The van der Waals surface area contributed by atoms with Gasteiger partial charge in [0.25, 0.3) is 5.91 Å². The topological polar surface area (TPSA) is 76.4 Å². The number of anilines is 1. The number of nitrogens with one attached hydrogen (secondary N) is 1. The highest BCUT2D eigenvalue weighted by Crippen LogP contribution is 2.21. The molecule has 0 spiro atoms. The van der Waals surface area contributed by atoms with Crippen molar-refractivity contribution in [3.05, 3.63) is 54.1 Å². The number of carbonyl (C=O) groups is 1. The van der Waals surface area contributed by atoms with E-state index in [0.717, 1.165) is 29.7 Å². The molecule has 0 aliphatic rings. The summed E-state index contributed by atoms with van der Waals surface area (Å²) in [7, 11) is 4.11. The minimum atomic E-state index is -0.204. The third-order valence-electron chi connectivity index (χ3n) is 3.94. The molecule has 0 bridgehead atoms. The maximum absolute atomic E-state index is 12.3. The molecule has 0 unspecified atom stereocenters. The number of aromatic nitrogens is 1. The summed E-state index contributed by atoms with van der Waals surface area (Å²) in [5, 5.41) is 4.06. The van der Waals surface area contributed by atoms with Crippen molar-refractivity contribution in [1.29, 1.82) is 0 Å². The fraction of sp³-hybridized carbons (Fsp3) is 0.278. The molecule has 0 fully saturated rings. The van der Waals surface area contributed by atoms with Gasteiger partial charge in [0.15, 0.2) is 0 Å². The number of rotatable bonds is 6. The van der Waals surface area contributed by atoms with Crippen LogP contribution in [0.4, 0.5) is 5.69 Å². The predicted molar refractivity (Wildman–Crippen MR) is 95.0 cm³/mol. The van der Waals surface area contributed by atoms with Gasteiger partial charge in [-0.15, -0.1) is 0 Å². The first-order valence-electron chi connectivity index (χ1n) is 7.89. The Morgan fingerprint density at radius 1 is 1.29 bits per heavy atom. The van der Waals surface area contributed by atoms with Crippen LogP contribution < -0.4 is 11.1 Å². The standard InChI is InChI=1S/C18H22N4O2/c1-21(2)7-8-22-6-5-13-3-4-15(10-17(13)22)20-18(23)14-9-16(11-19)24-12-14/h3-6,9-10,12H,7-8,11,19H2,1-2H3,(H,20,23). The van der Waals surface area contributed by atoms with Gasteiger partial charge in [-0.05, 0) is 43.7 Å². The van der Waals surface area contributed by atoms with Crippen LogP contribution in [0.2, 0.25) is 0 Å². The summed E-state index contributed by atoms with van der Waals surface area (Å²) in [5.41, 5.74) is 7.83. The van der Waals surface area contributed by atoms with Gasteiger partial charge >= 0.3 is 0 Å². The Labute approximate surface area is 140 Å². The number of nitrogens with two attached hydrogens (primary N) is 1. The molecular weight excluding hydrogens is 304 g/mol. The maximum Gasteiger partial charge on any atom is 0.258 e. The molecule has 0 aliphatic heterocycles. The van der Waals surface area contributed by atoms with Gasteiger partial charge in [-0.2, -0.15) is 0 Å². The zero-order valence-corrected chi connectivity index (χ0v) is 14.0. The molecule has 3 N–H and O–H groups in total. The Kier molecular flexibility index (Phi) is 4.69. The SMILES string of the molecule is CN(C)CCn1ccc2ccc(NC(=O)c3coc(CN)c3)cc21. The molecule has 3 aromatic rings. The Bertz CT molecular complexity index is 848. The van der Waals surface area contributed by atoms with Crippen molar-refractivity contribution in [3.63, 3.8) is 0 Å². The average molecular weight is 326 g/mol. The van der Waals surface area contributed by atoms with E-state index in [0.29, 0.717) is 11.3 Å². The first-order chi connectivity index (χ1) is 11.6. The zero-order valence-electron chi connectivity index (χ0n) is 14.0. The normalized spacial score (nSPS) is 11.3. The van der Waals surface area contributed by atoms with E-state index in [1.807, 2.05) is 18.2 Å². The number of likely N-dealkylation sites (N-methyl/N-ethyl adjacent to an activating group) is 1. The second kappa shape index (κ2) is 6.90. The second-order valence-electron chi connectivity index (χ2n) is 6.05. The molecule has 6 heteroatoms. The number of carbonyl (C=O) groups excluding carboxylic acids is 1. The molecular formula is C18H22N4O2. The van der Waals surface area contributed by atoms with Crippen LogP contribution in [-0.4, -0.2) is 36.0 Å². The smallest absolute Gasteiger partial charge is 0.258 e. The predicted octanol–water partition coefficient (Wildman–Crippen LogP) is 2.51. The van der Waals surface area contributed by atoms with E-state index in [1.54, 1.807) is 6.07 Å². The lowest BCUT2D eigenvalue weighted by Gasteiger charge is -2.12. The summed E-state index contributed by atoms with van der Waals surface area (Å²) < 4.78 is 7.40. The molecule has 1 aromatic carbocycles. The van der Waals surface area contributed by atoms with E-state index < -0.39 is 0 Å². The summed E-state index contributed by atoms with van der Waals surface area (Å²) >= 11 is 0. The molecule has 126 valence electrons. The number of fused-ring (bicyclic) bond motifs is 1. The molecule has 0 atom stereocenters. The van der Waals surface area contributed by atoms with Crippen LogP contribution in [0, 0.1) is 0 Å². The van der Waals surface area contributed by atoms with Crippen LogP contribution in [0.15, 0.2) is 47.2 Å². The zero-order chi connectivity index (χ0) is 17.1. The minimum Gasteiger partial charge on any atom is -0.467 e. The van der Waals surface area contributed by atoms with Crippen LogP contribution in [-0.2, 0) is 13.1 Å². The van der Waals surface area contributed by atoms with E-state index in [1.165, 1.54) is 6.26 Å². The molecule has 0 aliphatic carbocycles. The minimum absolute atomic E-state index is 0.204. The number of hydrogen-bond acceptors (Lipinski definition) is 4. The van der Waals surface area contributed by atoms with Crippen LogP contribution in [0.1, 0.15) is 16.1 Å². The van der Waals surface area contributed by atoms with Crippen LogP contribution in [0.25, 0.3) is 10.9 Å². The van der Waals surface area contributed by atoms with Gasteiger partial charge < -0.3 is 24.9 Å². The lowest BCUT2D eigenvalue weighted by molar-refractivity contribution is 0.102. The number of hydrogen-bond donors (Lipinski definition) is 2. The molecule has 24 heavy (non-hydrogen) atoms. The fourth-order valence-corrected chi connectivity index (χ4v) is 2.57. The summed E-state index contributed by atoms with van der Waals surface area (Å²) in [5.74, 6) is 0.386. The van der Waals surface area contributed by atoms with E-state index in [-0.39, 0.29) is 12.5 Å². The third-order valence-corrected chi connectivity index (χ3v) is 3.94. The molecule has 2 aromatic heterocycles. The lowest BCUT2D eigenvalue weighted by atomic mass is 10.2. The number of amides is 1. The molecule has 3 rings (SSSR count). The Balaban J connectivity index is 1.79. The van der Waals surface area contributed by atoms with Crippen molar-refractivity contribution in [1.82, 2.24) is 9.47 Å². The monoisotopic (exact) mass is 326 g/mol. The van der Waals surface area contributed by atoms with Gasteiger partial charge in [-0.1, -0.05) is 6.07 Å². The number of furan rings is 1. The second-order valence-corrected chi connectivity index (χ2v) is 6.05. The summed E-state index contributed by atoms with van der Waals surface area (Å²) in [4.78, 5) is 14.4.